The van der Waals surface area contributed by atoms with Gasteiger partial charge < -0.3 is 10.2 Å². The van der Waals surface area contributed by atoms with E-state index in [9.17, 15) is 9.18 Å². The molecule has 0 saturated carbocycles. The summed E-state index contributed by atoms with van der Waals surface area (Å²) in [5, 5.41) is 4.26. The molecule has 1 amide bonds. The van der Waals surface area contributed by atoms with Gasteiger partial charge in [-0.3, -0.25) is 4.79 Å². The number of amides is 1. The second-order valence-electron chi connectivity index (χ2n) is 7.72. The zero-order valence-corrected chi connectivity index (χ0v) is 18.2. The van der Waals surface area contributed by atoms with Gasteiger partial charge in [-0.25, -0.2) is 14.4 Å². The lowest BCUT2D eigenvalue weighted by atomic mass is 9.97. The molecule has 1 atom stereocenters. The molecule has 0 bridgehead atoms. The monoisotopic (exact) mass is 454 g/mol. The van der Waals surface area contributed by atoms with Gasteiger partial charge in [0.25, 0.3) is 0 Å². The van der Waals surface area contributed by atoms with E-state index in [1.807, 2.05) is 30.3 Å². The van der Waals surface area contributed by atoms with Gasteiger partial charge >= 0.3 is 0 Å². The van der Waals surface area contributed by atoms with E-state index in [1.54, 1.807) is 6.07 Å². The summed E-state index contributed by atoms with van der Waals surface area (Å²) in [5.74, 6) is 0.414. The number of rotatable bonds is 4. The molecule has 1 aliphatic rings. The number of carbonyl (C=O) groups excluding carboxylic acids is 1. The molecule has 0 aliphatic carbocycles. The Labute approximate surface area is 187 Å². The molecule has 5 rings (SSSR count). The highest BCUT2D eigenvalue weighted by Gasteiger charge is 2.28. The molecule has 4 aromatic rings. The first-order valence-corrected chi connectivity index (χ1v) is 11.4. The highest BCUT2D eigenvalue weighted by Crippen LogP contribution is 2.39. The SMILES string of the molecule is O=C(NCc1ccc(Cl)cc1)C1CCCN(c2ncnc3c2sc2cccc(F)c23)C1. The Balaban J connectivity index is 1.36. The van der Waals surface area contributed by atoms with Crippen LogP contribution in [0, 0.1) is 11.7 Å². The lowest BCUT2D eigenvalue weighted by molar-refractivity contribution is -0.125. The van der Waals surface area contributed by atoms with Crippen LogP contribution in [-0.2, 0) is 11.3 Å². The number of piperidine rings is 1. The van der Waals surface area contributed by atoms with E-state index in [2.05, 4.69) is 20.2 Å². The number of benzene rings is 2. The van der Waals surface area contributed by atoms with E-state index >= 15 is 0 Å². The van der Waals surface area contributed by atoms with Crippen molar-refractivity contribution in [2.75, 3.05) is 18.0 Å². The summed E-state index contributed by atoms with van der Waals surface area (Å²) in [5.41, 5.74) is 1.65. The largest absolute Gasteiger partial charge is 0.355 e. The number of halogens is 2. The number of hydrogen-bond donors (Lipinski definition) is 1. The fourth-order valence-electron chi connectivity index (χ4n) is 4.11. The maximum absolute atomic E-state index is 14.4. The van der Waals surface area contributed by atoms with Gasteiger partial charge in [0.05, 0.1) is 21.5 Å². The number of hydrogen-bond acceptors (Lipinski definition) is 5. The topological polar surface area (TPSA) is 58.1 Å². The summed E-state index contributed by atoms with van der Waals surface area (Å²) in [4.78, 5) is 23.8. The van der Waals surface area contributed by atoms with Crippen LogP contribution in [0.15, 0.2) is 48.8 Å². The maximum atomic E-state index is 14.4. The summed E-state index contributed by atoms with van der Waals surface area (Å²) < 4.78 is 16.1. The predicted molar refractivity (Wildman–Crippen MR) is 123 cm³/mol. The van der Waals surface area contributed by atoms with E-state index in [-0.39, 0.29) is 17.6 Å². The van der Waals surface area contributed by atoms with Crippen LogP contribution in [0.2, 0.25) is 5.02 Å². The molecule has 158 valence electrons. The van der Waals surface area contributed by atoms with E-state index in [4.69, 9.17) is 11.6 Å². The zero-order valence-electron chi connectivity index (χ0n) is 16.6. The number of nitrogens with one attached hydrogen (secondary N) is 1. The van der Waals surface area contributed by atoms with Crippen LogP contribution in [0.5, 0.6) is 0 Å². The van der Waals surface area contributed by atoms with Gasteiger partial charge in [-0.2, -0.15) is 0 Å². The van der Waals surface area contributed by atoms with Crippen molar-refractivity contribution < 1.29 is 9.18 Å². The van der Waals surface area contributed by atoms with E-state index in [1.165, 1.54) is 23.7 Å². The second kappa shape index (κ2) is 8.40. The van der Waals surface area contributed by atoms with Crippen LogP contribution >= 0.6 is 22.9 Å². The first kappa shape index (κ1) is 20.2. The van der Waals surface area contributed by atoms with E-state index < -0.39 is 0 Å². The molecule has 1 unspecified atom stereocenters. The average Bonchev–Trinajstić information content (AvgIpc) is 3.18. The first-order valence-electron chi connectivity index (χ1n) is 10.2. The highest BCUT2D eigenvalue weighted by atomic mass is 35.5. The Morgan fingerprint density at radius 2 is 2.06 bits per heavy atom. The van der Waals surface area contributed by atoms with Crippen molar-refractivity contribution in [2.24, 2.45) is 5.92 Å². The smallest absolute Gasteiger partial charge is 0.225 e. The van der Waals surface area contributed by atoms with Crippen molar-refractivity contribution in [2.45, 2.75) is 19.4 Å². The molecular formula is C23H20ClFN4OS. The molecule has 1 saturated heterocycles. The molecule has 5 nitrogen and oxygen atoms in total. The fourth-order valence-corrected chi connectivity index (χ4v) is 5.42. The lowest BCUT2D eigenvalue weighted by Gasteiger charge is -2.33. The van der Waals surface area contributed by atoms with Crippen LogP contribution in [0.25, 0.3) is 20.3 Å². The van der Waals surface area contributed by atoms with Crippen molar-refractivity contribution in [3.8, 4) is 0 Å². The normalized spacial score (nSPS) is 16.7. The van der Waals surface area contributed by atoms with Gasteiger partial charge in [-0.1, -0.05) is 29.8 Å². The molecule has 2 aromatic carbocycles. The summed E-state index contributed by atoms with van der Waals surface area (Å²) >= 11 is 7.42. The minimum absolute atomic E-state index is 0.0346. The molecule has 1 aliphatic heterocycles. The van der Waals surface area contributed by atoms with Crippen molar-refractivity contribution in [1.29, 1.82) is 0 Å². The number of carbonyl (C=O) groups is 1. The van der Waals surface area contributed by atoms with Crippen molar-refractivity contribution in [3.05, 3.63) is 65.2 Å². The van der Waals surface area contributed by atoms with Gasteiger partial charge in [0, 0.05) is 29.4 Å². The zero-order chi connectivity index (χ0) is 21.4. The number of aromatic nitrogens is 2. The third-order valence-corrected chi connectivity index (χ3v) is 7.07. The van der Waals surface area contributed by atoms with E-state index in [0.717, 1.165) is 40.2 Å². The summed E-state index contributed by atoms with van der Waals surface area (Å²) in [6, 6.07) is 12.5. The Bertz CT molecular complexity index is 1260. The van der Waals surface area contributed by atoms with Crippen molar-refractivity contribution >= 4 is 55.0 Å². The maximum Gasteiger partial charge on any atom is 0.225 e. The molecule has 31 heavy (non-hydrogen) atoms. The number of anilines is 1. The highest BCUT2D eigenvalue weighted by molar-refractivity contribution is 7.26. The molecule has 0 spiro atoms. The molecule has 8 heteroatoms. The molecule has 2 aromatic heterocycles. The molecule has 1 N–H and O–H groups in total. The first-order chi connectivity index (χ1) is 15.1. The third kappa shape index (κ3) is 3.95. The number of fused-ring (bicyclic) bond motifs is 3. The summed E-state index contributed by atoms with van der Waals surface area (Å²) in [6.45, 7) is 1.86. The van der Waals surface area contributed by atoms with Gasteiger partial charge in [-0.15, -0.1) is 11.3 Å². The quantitative estimate of drug-likeness (QED) is 0.462. The van der Waals surface area contributed by atoms with Crippen LogP contribution in [0.4, 0.5) is 10.2 Å². The average molecular weight is 455 g/mol. The lowest BCUT2D eigenvalue weighted by Crippen LogP contribution is -2.43. The van der Waals surface area contributed by atoms with Crippen molar-refractivity contribution in [3.63, 3.8) is 0 Å². The standard InChI is InChI=1S/C23H20ClFN4OS/c24-16-8-6-14(7-9-16)11-26-23(30)15-3-2-10-29(12-15)22-21-20(27-13-28-22)19-17(25)4-1-5-18(19)31-21/h1,4-9,13,15H,2-3,10-12H2,(H,26,30). The molecule has 3 heterocycles. The van der Waals surface area contributed by atoms with Crippen LogP contribution in [0.3, 0.4) is 0 Å². The fraction of sp³-hybridized carbons (Fsp3) is 0.261. The van der Waals surface area contributed by atoms with Gasteiger partial charge in [-0.05, 0) is 42.7 Å². The predicted octanol–water partition coefficient (Wildman–Crippen LogP) is 5.17. The second-order valence-corrected chi connectivity index (χ2v) is 9.21. The Hall–Kier alpha value is -2.77. The minimum atomic E-state index is -0.272. The number of thiophene rings is 1. The Morgan fingerprint density at radius 3 is 2.90 bits per heavy atom. The molecule has 0 radical (unpaired) electrons. The van der Waals surface area contributed by atoms with Gasteiger partial charge in [0.15, 0.2) is 0 Å². The van der Waals surface area contributed by atoms with Crippen molar-refractivity contribution in [1.82, 2.24) is 15.3 Å². The van der Waals surface area contributed by atoms with Crippen LogP contribution in [-0.4, -0.2) is 29.0 Å². The summed E-state index contributed by atoms with van der Waals surface area (Å²) in [7, 11) is 0. The van der Waals surface area contributed by atoms with Crippen LogP contribution < -0.4 is 10.2 Å². The molecular weight excluding hydrogens is 435 g/mol. The minimum Gasteiger partial charge on any atom is -0.355 e. The Kier molecular flexibility index (Phi) is 5.46. The van der Waals surface area contributed by atoms with Gasteiger partial charge in [0.2, 0.25) is 5.91 Å². The van der Waals surface area contributed by atoms with E-state index in [0.29, 0.717) is 29.0 Å². The number of nitrogens with zero attached hydrogens (tertiary/aromatic N) is 3. The van der Waals surface area contributed by atoms with Gasteiger partial charge in [0.1, 0.15) is 18.0 Å². The third-order valence-electron chi connectivity index (χ3n) is 5.68. The summed E-state index contributed by atoms with van der Waals surface area (Å²) in [6.07, 6.45) is 3.21. The van der Waals surface area contributed by atoms with Crippen LogP contribution in [0.1, 0.15) is 18.4 Å². The Morgan fingerprint density at radius 1 is 1.23 bits per heavy atom. The molecule has 1 fully saturated rings.